The van der Waals surface area contributed by atoms with Crippen LogP contribution in [0, 0.1) is 5.92 Å². The van der Waals surface area contributed by atoms with E-state index in [0.29, 0.717) is 41.1 Å². The largest absolute Gasteiger partial charge is 0.586 e. The summed E-state index contributed by atoms with van der Waals surface area (Å²) in [5, 5.41) is 2.80. The number of alkyl halides is 2. The van der Waals surface area contributed by atoms with Gasteiger partial charge in [-0.1, -0.05) is 0 Å². The normalized spacial score (nSPS) is 20.4. The van der Waals surface area contributed by atoms with Crippen molar-refractivity contribution in [2.45, 2.75) is 25.7 Å². The number of carbonyl (C=O) groups is 1. The van der Waals surface area contributed by atoms with Crippen molar-refractivity contribution in [3.05, 3.63) is 30.6 Å². The Morgan fingerprint density at radius 2 is 2.10 bits per heavy atom. The molecule has 0 spiro atoms. The van der Waals surface area contributed by atoms with Gasteiger partial charge in [0.25, 0.3) is 0 Å². The smallest absolute Gasteiger partial charge is 0.473 e. The van der Waals surface area contributed by atoms with Crippen LogP contribution in [0.3, 0.4) is 0 Å². The molecule has 10 heteroatoms. The van der Waals surface area contributed by atoms with Crippen molar-refractivity contribution in [1.82, 2.24) is 19.9 Å². The van der Waals surface area contributed by atoms with Gasteiger partial charge >= 0.3 is 6.29 Å². The monoisotopic (exact) mass is 416 g/mol. The second-order valence-electron chi connectivity index (χ2n) is 7.46. The Hall–Kier alpha value is -3.43. The van der Waals surface area contributed by atoms with E-state index in [-0.39, 0.29) is 29.4 Å². The summed E-state index contributed by atoms with van der Waals surface area (Å²) in [7, 11) is 1.83. The van der Waals surface area contributed by atoms with E-state index in [0.717, 1.165) is 0 Å². The summed E-state index contributed by atoms with van der Waals surface area (Å²) in [4.78, 5) is 20.5. The summed E-state index contributed by atoms with van der Waals surface area (Å²) < 4.78 is 43.6. The fraction of sp³-hybridized carbons (Fsp3) is 0.350. The summed E-state index contributed by atoms with van der Waals surface area (Å²) in [6.45, 7) is 2.44. The van der Waals surface area contributed by atoms with Crippen LogP contribution in [0.15, 0.2) is 30.6 Å². The van der Waals surface area contributed by atoms with Crippen molar-refractivity contribution in [1.29, 1.82) is 0 Å². The summed E-state index contributed by atoms with van der Waals surface area (Å²) in [6, 6.07) is 6.23. The third-order valence-electron chi connectivity index (χ3n) is 5.33. The number of ether oxygens (including phenoxy) is 3. The van der Waals surface area contributed by atoms with Crippen LogP contribution in [0.25, 0.3) is 22.3 Å². The minimum absolute atomic E-state index is 0.00000162. The molecule has 1 unspecified atom stereocenters. The number of rotatable bonds is 4. The van der Waals surface area contributed by atoms with Crippen molar-refractivity contribution < 1.29 is 27.8 Å². The number of carbonyl (C=O) groups excluding carboxylic acids is 1. The zero-order valence-electron chi connectivity index (χ0n) is 16.2. The number of halogens is 2. The third kappa shape index (κ3) is 3.17. The number of aromatic nitrogens is 3. The Bertz CT molecular complexity index is 1160. The molecule has 2 aliphatic rings. The van der Waals surface area contributed by atoms with Gasteiger partial charge in [0.15, 0.2) is 11.5 Å². The Morgan fingerprint density at radius 1 is 1.30 bits per heavy atom. The van der Waals surface area contributed by atoms with Gasteiger partial charge in [0.1, 0.15) is 11.6 Å². The van der Waals surface area contributed by atoms with E-state index in [4.69, 9.17) is 4.74 Å². The average molecular weight is 416 g/mol. The van der Waals surface area contributed by atoms with Gasteiger partial charge in [-0.05, 0) is 31.2 Å². The molecule has 156 valence electrons. The summed E-state index contributed by atoms with van der Waals surface area (Å²) in [6.07, 6.45) is -1.91. The highest BCUT2D eigenvalue weighted by Gasteiger charge is 2.43. The molecule has 0 radical (unpaired) electrons. The van der Waals surface area contributed by atoms with Gasteiger partial charge in [0.2, 0.25) is 11.8 Å². The van der Waals surface area contributed by atoms with Gasteiger partial charge in [0, 0.05) is 31.5 Å². The lowest BCUT2D eigenvalue weighted by Crippen LogP contribution is -2.26. The molecule has 1 aromatic carbocycles. The molecule has 30 heavy (non-hydrogen) atoms. The van der Waals surface area contributed by atoms with Crippen molar-refractivity contribution in [2.24, 2.45) is 13.0 Å². The lowest BCUT2D eigenvalue weighted by molar-refractivity contribution is -0.286. The molecule has 0 bridgehead atoms. The molecular weight excluding hydrogens is 398 g/mol. The van der Waals surface area contributed by atoms with E-state index >= 15 is 0 Å². The van der Waals surface area contributed by atoms with Gasteiger partial charge < -0.3 is 24.1 Å². The summed E-state index contributed by atoms with van der Waals surface area (Å²) in [5.41, 5.74) is 2.40. The SMILES string of the molecule is CC(Oc1nc(-c2ccc3c(c2)OC(F)(F)O3)cc2ncn(C)c12)[C@H]1CNC(=O)C1. The average Bonchev–Trinajstić information content (AvgIpc) is 3.36. The van der Waals surface area contributed by atoms with Gasteiger partial charge in [-0.15, -0.1) is 8.78 Å². The fourth-order valence-electron chi connectivity index (χ4n) is 3.71. The fourth-order valence-corrected chi connectivity index (χ4v) is 3.71. The number of amides is 1. The molecule has 1 fully saturated rings. The van der Waals surface area contributed by atoms with E-state index in [9.17, 15) is 13.6 Å². The molecule has 5 rings (SSSR count). The van der Waals surface area contributed by atoms with Crippen LogP contribution < -0.4 is 19.5 Å². The number of hydrogen-bond acceptors (Lipinski definition) is 6. The summed E-state index contributed by atoms with van der Waals surface area (Å²) >= 11 is 0. The zero-order chi connectivity index (χ0) is 21.0. The maximum atomic E-state index is 13.3. The highest BCUT2D eigenvalue weighted by molar-refractivity contribution is 5.85. The highest BCUT2D eigenvalue weighted by atomic mass is 19.3. The predicted octanol–water partition coefficient (Wildman–Crippen LogP) is 2.86. The first-order chi connectivity index (χ1) is 14.3. The number of imidazole rings is 1. The molecule has 1 amide bonds. The third-order valence-corrected chi connectivity index (χ3v) is 5.33. The van der Waals surface area contributed by atoms with Crippen LogP contribution in [0.1, 0.15) is 13.3 Å². The van der Waals surface area contributed by atoms with E-state index in [1.54, 1.807) is 23.0 Å². The molecule has 1 N–H and O–H groups in total. The van der Waals surface area contributed by atoms with Crippen molar-refractivity contribution in [3.63, 3.8) is 0 Å². The van der Waals surface area contributed by atoms with Crippen LogP contribution in [-0.2, 0) is 11.8 Å². The van der Waals surface area contributed by atoms with E-state index in [2.05, 4.69) is 24.8 Å². The second kappa shape index (κ2) is 6.54. The van der Waals surface area contributed by atoms with E-state index < -0.39 is 6.29 Å². The quantitative estimate of drug-likeness (QED) is 0.704. The van der Waals surface area contributed by atoms with Gasteiger partial charge in [-0.2, -0.15) is 0 Å². The maximum absolute atomic E-state index is 13.3. The lowest BCUT2D eigenvalue weighted by atomic mass is 10.0. The van der Waals surface area contributed by atoms with Crippen LogP contribution in [0.4, 0.5) is 8.78 Å². The molecule has 3 aromatic rings. The Labute approximate surface area is 169 Å². The van der Waals surface area contributed by atoms with Gasteiger partial charge in [0.05, 0.1) is 17.5 Å². The minimum atomic E-state index is -3.68. The molecule has 1 saturated heterocycles. The van der Waals surface area contributed by atoms with Crippen LogP contribution in [-0.4, -0.2) is 39.4 Å². The Balaban J connectivity index is 1.52. The number of nitrogens with zero attached hydrogens (tertiary/aromatic N) is 3. The molecule has 2 aliphatic heterocycles. The zero-order valence-corrected chi connectivity index (χ0v) is 16.2. The molecule has 2 atom stereocenters. The lowest BCUT2D eigenvalue weighted by Gasteiger charge is -2.20. The first-order valence-electron chi connectivity index (χ1n) is 9.45. The summed E-state index contributed by atoms with van der Waals surface area (Å²) in [5.74, 6) is 0.286. The van der Waals surface area contributed by atoms with E-state index in [1.165, 1.54) is 12.1 Å². The van der Waals surface area contributed by atoms with Crippen LogP contribution >= 0.6 is 0 Å². The number of pyridine rings is 1. The number of hydrogen-bond donors (Lipinski definition) is 1. The molecular formula is C20H18F2N4O4. The van der Waals surface area contributed by atoms with Gasteiger partial charge in [-0.25, -0.2) is 9.97 Å². The van der Waals surface area contributed by atoms with Crippen LogP contribution in [0.2, 0.25) is 0 Å². The van der Waals surface area contributed by atoms with Gasteiger partial charge in [-0.3, -0.25) is 4.79 Å². The topological polar surface area (TPSA) is 87.5 Å². The molecule has 0 aliphatic carbocycles. The second-order valence-corrected chi connectivity index (χ2v) is 7.46. The Morgan fingerprint density at radius 3 is 2.87 bits per heavy atom. The number of nitrogens with one attached hydrogen (secondary N) is 1. The predicted molar refractivity (Wildman–Crippen MR) is 101 cm³/mol. The van der Waals surface area contributed by atoms with Crippen molar-refractivity contribution >= 4 is 16.9 Å². The maximum Gasteiger partial charge on any atom is 0.586 e. The Kier molecular flexibility index (Phi) is 4.05. The minimum Gasteiger partial charge on any atom is -0.473 e. The van der Waals surface area contributed by atoms with Crippen molar-refractivity contribution in [3.8, 4) is 28.6 Å². The van der Waals surface area contributed by atoms with E-state index in [1.807, 2.05) is 14.0 Å². The molecule has 4 heterocycles. The number of benzene rings is 1. The first kappa shape index (κ1) is 18.6. The highest BCUT2D eigenvalue weighted by Crippen LogP contribution is 2.43. The molecule has 8 nitrogen and oxygen atoms in total. The molecule has 2 aromatic heterocycles. The number of aryl methyl sites for hydroxylation is 1. The standard InChI is InChI=1S/C20H18F2N4O4/c1-10(12-6-17(27)23-8-12)28-19-18-14(24-9-26(18)2)7-13(25-19)11-3-4-15-16(5-11)30-20(21,22)29-15/h3-5,7,9-10,12H,6,8H2,1-2H3,(H,23,27)/t10?,12-/m1/s1. The van der Waals surface area contributed by atoms with Crippen LogP contribution in [0.5, 0.6) is 17.4 Å². The first-order valence-corrected chi connectivity index (χ1v) is 9.45. The number of fused-ring (bicyclic) bond motifs is 2. The van der Waals surface area contributed by atoms with Crippen molar-refractivity contribution in [2.75, 3.05) is 6.54 Å². The molecule has 0 saturated carbocycles.